The number of carbonyl (C=O) groups excluding carboxylic acids is 3. The highest BCUT2D eigenvalue weighted by atomic mass is 16.5. The van der Waals surface area contributed by atoms with Gasteiger partial charge >= 0.3 is 5.97 Å². The van der Waals surface area contributed by atoms with E-state index in [1.54, 1.807) is 24.8 Å². The molecule has 94 valence electrons. The summed E-state index contributed by atoms with van der Waals surface area (Å²) >= 11 is 0. The molecular weight excluding hydrogens is 224 g/mol. The van der Waals surface area contributed by atoms with E-state index in [9.17, 15) is 14.4 Å². The highest BCUT2D eigenvalue weighted by Gasteiger charge is 2.29. The van der Waals surface area contributed by atoms with E-state index in [4.69, 9.17) is 0 Å². The second-order valence-electron chi connectivity index (χ2n) is 3.90. The normalized spacial score (nSPS) is 22.3. The number of imide groups is 1. The van der Waals surface area contributed by atoms with E-state index in [0.717, 1.165) is 0 Å². The third-order valence-corrected chi connectivity index (χ3v) is 2.68. The van der Waals surface area contributed by atoms with Crippen LogP contribution in [0.25, 0.3) is 0 Å². The van der Waals surface area contributed by atoms with Crippen molar-refractivity contribution in [2.24, 2.45) is 0 Å². The maximum atomic E-state index is 11.4. The lowest BCUT2D eigenvalue weighted by molar-refractivity contribution is -0.139. The quantitative estimate of drug-likeness (QED) is 0.407. The lowest BCUT2D eigenvalue weighted by Gasteiger charge is -2.30. The van der Waals surface area contributed by atoms with Crippen LogP contribution in [0.3, 0.4) is 0 Å². The molecule has 1 N–H and O–H groups in total. The number of hydrogen-bond donors (Lipinski definition) is 1. The maximum absolute atomic E-state index is 11.4. The van der Waals surface area contributed by atoms with Crippen molar-refractivity contribution in [1.29, 1.82) is 0 Å². The van der Waals surface area contributed by atoms with Crippen molar-refractivity contribution in [3.63, 3.8) is 0 Å². The van der Waals surface area contributed by atoms with Gasteiger partial charge in [-0.05, 0) is 13.8 Å². The Morgan fingerprint density at radius 2 is 2.24 bits per heavy atom. The lowest BCUT2D eigenvalue weighted by Crippen LogP contribution is -2.56. The van der Waals surface area contributed by atoms with E-state index in [1.807, 2.05) is 0 Å². The first kappa shape index (κ1) is 13.4. The number of ether oxygens (including phenoxy) is 1. The van der Waals surface area contributed by atoms with Gasteiger partial charge < -0.3 is 4.74 Å². The molecule has 1 saturated heterocycles. The van der Waals surface area contributed by atoms with Crippen LogP contribution >= 0.6 is 0 Å². The summed E-state index contributed by atoms with van der Waals surface area (Å²) < 4.78 is 4.55. The minimum atomic E-state index is -0.412. The fraction of sp³-hybridized carbons (Fsp3) is 0.545. The summed E-state index contributed by atoms with van der Waals surface area (Å²) in [6.45, 7) is 3.85. The van der Waals surface area contributed by atoms with Gasteiger partial charge in [0.15, 0.2) is 0 Å². The van der Waals surface area contributed by atoms with Gasteiger partial charge in [0.05, 0.1) is 19.7 Å². The Morgan fingerprint density at radius 3 is 2.82 bits per heavy atom. The van der Waals surface area contributed by atoms with Crippen LogP contribution in [-0.4, -0.2) is 48.9 Å². The van der Waals surface area contributed by atoms with E-state index in [-0.39, 0.29) is 24.4 Å². The average Bonchev–Trinajstić information content (AvgIpc) is 2.30. The zero-order valence-corrected chi connectivity index (χ0v) is 10.1. The zero-order valence-electron chi connectivity index (χ0n) is 10.1. The van der Waals surface area contributed by atoms with Gasteiger partial charge in [-0.15, -0.1) is 0 Å². The van der Waals surface area contributed by atoms with Crippen molar-refractivity contribution < 1.29 is 19.1 Å². The van der Waals surface area contributed by atoms with Crippen LogP contribution in [0, 0.1) is 0 Å². The van der Waals surface area contributed by atoms with Crippen LogP contribution in [0.4, 0.5) is 0 Å². The number of hydrogen-bond acceptors (Lipinski definition) is 5. The minimum absolute atomic E-state index is 0.151. The summed E-state index contributed by atoms with van der Waals surface area (Å²) in [5.41, 5.74) is 0.457. The highest BCUT2D eigenvalue weighted by Crippen LogP contribution is 2.06. The molecule has 0 aromatic rings. The Morgan fingerprint density at radius 1 is 1.59 bits per heavy atom. The van der Waals surface area contributed by atoms with Crippen molar-refractivity contribution in [2.75, 3.05) is 20.2 Å². The van der Waals surface area contributed by atoms with Crippen LogP contribution in [0.2, 0.25) is 0 Å². The summed E-state index contributed by atoms with van der Waals surface area (Å²) in [6.07, 6.45) is 1.65. The second-order valence-corrected chi connectivity index (χ2v) is 3.90. The molecule has 0 aromatic carbocycles. The number of amides is 2. The van der Waals surface area contributed by atoms with Crippen molar-refractivity contribution in [1.82, 2.24) is 10.2 Å². The average molecular weight is 240 g/mol. The molecule has 6 heteroatoms. The molecule has 1 unspecified atom stereocenters. The molecule has 0 aliphatic carbocycles. The lowest BCUT2D eigenvalue weighted by atomic mass is 10.2. The topological polar surface area (TPSA) is 75.7 Å². The Balaban J connectivity index is 2.64. The number of rotatable bonds is 3. The van der Waals surface area contributed by atoms with E-state index < -0.39 is 5.97 Å². The molecule has 1 aliphatic rings. The summed E-state index contributed by atoms with van der Waals surface area (Å²) in [5.74, 6) is -1.05. The van der Waals surface area contributed by atoms with Crippen molar-refractivity contribution in [3.8, 4) is 0 Å². The van der Waals surface area contributed by atoms with E-state index in [2.05, 4.69) is 10.1 Å². The number of esters is 1. The molecule has 6 nitrogen and oxygen atoms in total. The van der Waals surface area contributed by atoms with Crippen molar-refractivity contribution in [2.45, 2.75) is 19.9 Å². The summed E-state index contributed by atoms with van der Waals surface area (Å²) in [4.78, 5) is 35.4. The number of carbonyl (C=O) groups is 3. The van der Waals surface area contributed by atoms with Crippen LogP contribution in [-0.2, 0) is 19.1 Å². The standard InChI is InChI=1S/C11H16N2O4/c1-7(11(16)17-3)4-5-13-6-9(14)12-10(15)8(13)2/h4,8H,5-6H2,1-3H3,(H,12,14,15). The first-order chi connectivity index (χ1) is 7.95. The van der Waals surface area contributed by atoms with Crippen molar-refractivity contribution in [3.05, 3.63) is 11.6 Å². The molecule has 1 aliphatic heterocycles. The fourth-order valence-electron chi connectivity index (χ4n) is 1.49. The molecule has 0 spiro atoms. The zero-order chi connectivity index (χ0) is 13.0. The van der Waals surface area contributed by atoms with Gasteiger partial charge in [0.2, 0.25) is 11.8 Å². The van der Waals surface area contributed by atoms with Gasteiger partial charge in [0, 0.05) is 12.1 Å². The molecular formula is C11H16N2O4. The first-order valence-electron chi connectivity index (χ1n) is 5.28. The fourth-order valence-corrected chi connectivity index (χ4v) is 1.49. The smallest absolute Gasteiger partial charge is 0.333 e. The van der Waals surface area contributed by atoms with Crippen molar-refractivity contribution >= 4 is 17.8 Å². The monoisotopic (exact) mass is 240 g/mol. The number of nitrogens with one attached hydrogen (secondary N) is 1. The summed E-state index contributed by atoms with van der Waals surface area (Å²) in [5, 5.41) is 2.25. The van der Waals surface area contributed by atoms with E-state index in [0.29, 0.717) is 12.1 Å². The van der Waals surface area contributed by atoms with Crippen LogP contribution in [0.5, 0.6) is 0 Å². The van der Waals surface area contributed by atoms with Gasteiger partial charge in [-0.1, -0.05) is 6.08 Å². The Hall–Kier alpha value is -1.69. The summed E-state index contributed by atoms with van der Waals surface area (Å²) in [7, 11) is 1.31. The van der Waals surface area contributed by atoms with Crippen LogP contribution in [0.1, 0.15) is 13.8 Å². The van der Waals surface area contributed by atoms with E-state index >= 15 is 0 Å². The molecule has 2 amide bonds. The van der Waals surface area contributed by atoms with Gasteiger partial charge in [-0.2, -0.15) is 0 Å². The largest absolute Gasteiger partial charge is 0.466 e. The molecule has 17 heavy (non-hydrogen) atoms. The minimum Gasteiger partial charge on any atom is -0.466 e. The molecule has 1 fully saturated rings. The predicted molar refractivity (Wildman–Crippen MR) is 60.0 cm³/mol. The molecule has 1 rings (SSSR count). The van der Waals surface area contributed by atoms with Gasteiger partial charge in [-0.3, -0.25) is 19.8 Å². The number of piperazine rings is 1. The second kappa shape index (κ2) is 5.58. The van der Waals surface area contributed by atoms with E-state index in [1.165, 1.54) is 7.11 Å². The predicted octanol–water partition coefficient (Wildman–Crippen LogP) is -0.547. The molecule has 0 radical (unpaired) electrons. The number of nitrogens with zero attached hydrogens (tertiary/aromatic N) is 1. The van der Waals surface area contributed by atoms with Gasteiger partial charge in [-0.25, -0.2) is 4.79 Å². The molecule has 0 saturated carbocycles. The first-order valence-corrected chi connectivity index (χ1v) is 5.28. The number of methoxy groups -OCH3 is 1. The third-order valence-electron chi connectivity index (χ3n) is 2.68. The van der Waals surface area contributed by atoms with Crippen LogP contribution in [0.15, 0.2) is 11.6 Å². The van der Waals surface area contributed by atoms with Crippen LogP contribution < -0.4 is 5.32 Å². The molecule has 0 aromatic heterocycles. The molecule has 1 heterocycles. The Bertz CT molecular complexity index is 376. The van der Waals surface area contributed by atoms with Gasteiger partial charge in [0.25, 0.3) is 0 Å². The third kappa shape index (κ3) is 3.39. The Kier molecular flexibility index (Phi) is 4.39. The van der Waals surface area contributed by atoms with Gasteiger partial charge in [0.1, 0.15) is 0 Å². The molecule has 0 bridgehead atoms. The Labute approximate surface area is 99.6 Å². The molecule has 1 atom stereocenters. The SMILES string of the molecule is COC(=O)C(C)=CCN1CC(=O)NC(=O)C1C. The summed E-state index contributed by atoms with van der Waals surface area (Å²) in [6, 6.07) is -0.380. The highest BCUT2D eigenvalue weighted by molar-refractivity contribution is 6.00. The maximum Gasteiger partial charge on any atom is 0.333 e.